The van der Waals surface area contributed by atoms with Crippen LogP contribution in [-0.4, -0.2) is 35.6 Å². The number of aryl methyl sites for hydroxylation is 1. The van der Waals surface area contributed by atoms with Gasteiger partial charge >= 0.3 is 0 Å². The molecule has 0 fully saturated rings. The predicted molar refractivity (Wildman–Crippen MR) is 109 cm³/mol. The number of benzene rings is 1. The Kier molecular flexibility index (Phi) is 6.41. The summed E-state index contributed by atoms with van der Waals surface area (Å²) in [6.45, 7) is 6.41. The van der Waals surface area contributed by atoms with Gasteiger partial charge < -0.3 is 15.6 Å². The molecule has 3 rings (SSSR count). The van der Waals surface area contributed by atoms with Gasteiger partial charge in [0.15, 0.2) is 5.96 Å². The molecule has 27 heavy (non-hydrogen) atoms. The van der Waals surface area contributed by atoms with Crippen molar-refractivity contribution in [1.82, 2.24) is 20.6 Å². The minimum absolute atomic E-state index is 0.222. The van der Waals surface area contributed by atoms with Gasteiger partial charge in [0.25, 0.3) is 0 Å². The van der Waals surface area contributed by atoms with Gasteiger partial charge in [-0.2, -0.15) is 0 Å². The zero-order chi connectivity index (χ0) is 19.1. The minimum atomic E-state index is -0.222. The van der Waals surface area contributed by atoms with Gasteiger partial charge in [0.2, 0.25) is 0 Å². The van der Waals surface area contributed by atoms with Crippen LogP contribution in [0.4, 0.5) is 4.39 Å². The summed E-state index contributed by atoms with van der Waals surface area (Å²) in [5.41, 5.74) is 4.47. The highest BCUT2D eigenvalue weighted by Crippen LogP contribution is 2.19. The zero-order valence-electron chi connectivity index (χ0n) is 15.8. The molecule has 0 spiro atoms. The van der Waals surface area contributed by atoms with Crippen molar-refractivity contribution in [3.8, 4) is 0 Å². The topological polar surface area (TPSA) is 65.1 Å². The second-order valence-corrected chi connectivity index (χ2v) is 6.49. The van der Waals surface area contributed by atoms with E-state index in [-0.39, 0.29) is 5.82 Å². The van der Waals surface area contributed by atoms with Crippen molar-refractivity contribution in [3.63, 3.8) is 0 Å². The normalized spacial score (nSPS) is 11.7. The van der Waals surface area contributed by atoms with Crippen LogP contribution in [-0.2, 0) is 12.8 Å². The summed E-state index contributed by atoms with van der Waals surface area (Å²) in [5, 5.41) is 7.72. The molecule has 5 nitrogen and oxygen atoms in total. The minimum Gasteiger partial charge on any atom is -0.361 e. The van der Waals surface area contributed by atoms with Crippen LogP contribution in [0.15, 0.2) is 47.8 Å². The van der Waals surface area contributed by atoms with Crippen LogP contribution in [0.1, 0.15) is 23.6 Å². The summed E-state index contributed by atoms with van der Waals surface area (Å²) in [4.78, 5) is 11.9. The number of aromatic amines is 1. The van der Waals surface area contributed by atoms with E-state index < -0.39 is 0 Å². The molecule has 6 heteroatoms. The molecule has 142 valence electrons. The fraction of sp³-hybridized carbons (Fsp3) is 0.333. The lowest BCUT2D eigenvalue weighted by Crippen LogP contribution is -2.38. The largest absolute Gasteiger partial charge is 0.361 e. The molecule has 0 unspecified atom stereocenters. The van der Waals surface area contributed by atoms with Crippen molar-refractivity contribution < 1.29 is 4.39 Å². The number of hydrogen-bond acceptors (Lipinski definition) is 2. The molecule has 0 bridgehead atoms. The molecule has 0 aliphatic heterocycles. The molecule has 3 aromatic rings. The number of guanidine groups is 1. The van der Waals surface area contributed by atoms with Gasteiger partial charge in [0.05, 0.1) is 0 Å². The number of halogens is 1. The van der Waals surface area contributed by atoms with E-state index in [0.717, 1.165) is 42.8 Å². The SMILES string of the molecule is CCNC(=NCCc1ccncc1C)NCCc1c[nH]c2cc(F)ccc12. The van der Waals surface area contributed by atoms with Crippen LogP contribution in [0.25, 0.3) is 10.9 Å². The van der Waals surface area contributed by atoms with E-state index in [1.54, 1.807) is 0 Å². The van der Waals surface area contributed by atoms with Gasteiger partial charge in [-0.05, 0) is 67.6 Å². The molecule has 0 saturated heterocycles. The molecular weight excluding hydrogens is 341 g/mol. The van der Waals surface area contributed by atoms with Crippen molar-refractivity contribution in [2.24, 2.45) is 4.99 Å². The maximum atomic E-state index is 13.3. The number of aromatic nitrogens is 2. The molecule has 3 N–H and O–H groups in total. The van der Waals surface area contributed by atoms with Gasteiger partial charge in [-0.25, -0.2) is 4.39 Å². The highest BCUT2D eigenvalue weighted by Gasteiger charge is 2.05. The summed E-state index contributed by atoms with van der Waals surface area (Å²) in [6, 6.07) is 6.90. The van der Waals surface area contributed by atoms with Crippen LogP contribution in [0.2, 0.25) is 0 Å². The predicted octanol–water partition coefficient (Wildman–Crippen LogP) is 3.35. The number of nitrogens with zero attached hydrogens (tertiary/aromatic N) is 2. The number of aliphatic imine (C=N–C) groups is 1. The van der Waals surface area contributed by atoms with E-state index in [0.29, 0.717) is 6.54 Å². The average Bonchev–Trinajstić information content (AvgIpc) is 3.05. The first-order chi connectivity index (χ1) is 13.2. The van der Waals surface area contributed by atoms with Crippen LogP contribution in [0.5, 0.6) is 0 Å². The Labute approximate surface area is 159 Å². The molecule has 2 heterocycles. The fourth-order valence-electron chi connectivity index (χ4n) is 3.09. The molecule has 0 aliphatic rings. The summed E-state index contributed by atoms with van der Waals surface area (Å²) in [7, 11) is 0. The summed E-state index contributed by atoms with van der Waals surface area (Å²) in [6.07, 6.45) is 7.37. The second-order valence-electron chi connectivity index (χ2n) is 6.49. The van der Waals surface area contributed by atoms with E-state index in [2.05, 4.69) is 39.4 Å². The highest BCUT2D eigenvalue weighted by atomic mass is 19.1. The molecule has 0 aliphatic carbocycles. The third-order valence-corrected chi connectivity index (χ3v) is 4.55. The average molecular weight is 367 g/mol. The lowest BCUT2D eigenvalue weighted by atomic mass is 10.1. The number of rotatable bonds is 7. The molecular formula is C21H26FN5. The molecule has 1 aromatic carbocycles. The standard InChI is InChI=1S/C21H26FN5/c1-3-24-21(25-10-7-16-6-9-23-13-15(16)2)26-11-8-17-14-27-20-12-18(22)4-5-19(17)20/h4-6,9,12-14,27H,3,7-8,10-11H2,1-2H3,(H2,24,25,26). The smallest absolute Gasteiger partial charge is 0.191 e. The second kappa shape index (κ2) is 9.16. The van der Waals surface area contributed by atoms with E-state index >= 15 is 0 Å². The summed E-state index contributed by atoms with van der Waals surface area (Å²) in [5.74, 6) is 0.593. The van der Waals surface area contributed by atoms with Crippen molar-refractivity contribution in [3.05, 3.63) is 65.4 Å². The first kappa shape index (κ1) is 18.9. The van der Waals surface area contributed by atoms with Crippen molar-refractivity contribution in [2.75, 3.05) is 19.6 Å². The van der Waals surface area contributed by atoms with Crippen molar-refractivity contribution in [2.45, 2.75) is 26.7 Å². The quantitative estimate of drug-likeness (QED) is 0.443. The Bertz CT molecular complexity index is 916. The number of hydrogen-bond donors (Lipinski definition) is 3. The zero-order valence-corrected chi connectivity index (χ0v) is 15.8. The highest BCUT2D eigenvalue weighted by molar-refractivity contribution is 5.83. The number of nitrogens with one attached hydrogen (secondary N) is 3. The van der Waals surface area contributed by atoms with Crippen LogP contribution < -0.4 is 10.6 Å². The van der Waals surface area contributed by atoms with E-state index in [1.807, 2.05) is 30.7 Å². The Morgan fingerprint density at radius 2 is 2.07 bits per heavy atom. The Morgan fingerprint density at radius 1 is 1.19 bits per heavy atom. The molecule has 0 atom stereocenters. The van der Waals surface area contributed by atoms with Gasteiger partial charge in [0.1, 0.15) is 5.82 Å². The van der Waals surface area contributed by atoms with Crippen molar-refractivity contribution in [1.29, 1.82) is 0 Å². The first-order valence-electron chi connectivity index (χ1n) is 9.34. The van der Waals surface area contributed by atoms with Crippen molar-refractivity contribution >= 4 is 16.9 Å². The number of fused-ring (bicyclic) bond motifs is 1. The third kappa shape index (κ3) is 5.06. The fourth-order valence-corrected chi connectivity index (χ4v) is 3.09. The Hall–Kier alpha value is -2.89. The number of pyridine rings is 1. The summed E-state index contributed by atoms with van der Waals surface area (Å²) < 4.78 is 13.3. The van der Waals surface area contributed by atoms with E-state index in [9.17, 15) is 4.39 Å². The van der Waals surface area contributed by atoms with Crippen LogP contribution in [0, 0.1) is 12.7 Å². The molecule has 2 aromatic heterocycles. The van der Waals surface area contributed by atoms with Gasteiger partial charge in [-0.15, -0.1) is 0 Å². The Morgan fingerprint density at radius 3 is 2.89 bits per heavy atom. The summed E-state index contributed by atoms with van der Waals surface area (Å²) >= 11 is 0. The van der Waals surface area contributed by atoms with Gasteiger partial charge in [-0.3, -0.25) is 9.98 Å². The maximum absolute atomic E-state index is 13.3. The monoisotopic (exact) mass is 367 g/mol. The molecule has 0 radical (unpaired) electrons. The molecule has 0 amide bonds. The number of H-pyrrole nitrogens is 1. The Balaban J connectivity index is 1.55. The maximum Gasteiger partial charge on any atom is 0.191 e. The van der Waals surface area contributed by atoms with Crippen LogP contribution >= 0.6 is 0 Å². The first-order valence-corrected chi connectivity index (χ1v) is 9.34. The lowest BCUT2D eigenvalue weighted by Gasteiger charge is -2.11. The van der Waals surface area contributed by atoms with Gasteiger partial charge in [0, 0.05) is 49.1 Å². The van der Waals surface area contributed by atoms with E-state index in [1.165, 1.54) is 28.8 Å². The third-order valence-electron chi connectivity index (χ3n) is 4.55. The van der Waals surface area contributed by atoms with Gasteiger partial charge in [-0.1, -0.05) is 0 Å². The van der Waals surface area contributed by atoms with E-state index in [4.69, 9.17) is 0 Å². The molecule has 0 saturated carbocycles. The lowest BCUT2D eigenvalue weighted by molar-refractivity contribution is 0.629. The van der Waals surface area contributed by atoms with Crippen LogP contribution in [0.3, 0.4) is 0 Å².